The van der Waals surface area contributed by atoms with E-state index in [1.807, 2.05) is 24.3 Å². The average Bonchev–Trinajstić information content (AvgIpc) is 2.79. The second-order valence-electron chi connectivity index (χ2n) is 4.16. The molecule has 1 heterocycles. The minimum absolute atomic E-state index is 0.189. The Morgan fingerprint density at radius 2 is 1.84 bits per heavy atom. The highest BCUT2D eigenvalue weighted by atomic mass is 19.1. The number of nitriles is 1. The summed E-state index contributed by atoms with van der Waals surface area (Å²) in [6.07, 6.45) is 0.189. The summed E-state index contributed by atoms with van der Waals surface area (Å²) in [6.45, 7) is 0. The minimum Gasteiger partial charge on any atom is -0.233 e. The molecule has 3 aromatic rings. The molecule has 0 amide bonds. The number of nitrogens with zero attached hydrogens (tertiary/aromatic N) is 3. The topological polar surface area (TPSA) is 41.6 Å². The van der Waals surface area contributed by atoms with Crippen molar-refractivity contribution in [3.8, 4) is 11.8 Å². The van der Waals surface area contributed by atoms with Gasteiger partial charge in [0.15, 0.2) is 0 Å². The third-order valence-corrected chi connectivity index (χ3v) is 3.01. The van der Waals surface area contributed by atoms with E-state index in [0.717, 1.165) is 10.9 Å². The normalized spacial score (nSPS) is 10.5. The summed E-state index contributed by atoms with van der Waals surface area (Å²) in [5.41, 5.74) is 1.84. The van der Waals surface area contributed by atoms with Crippen molar-refractivity contribution in [1.82, 2.24) is 9.78 Å². The van der Waals surface area contributed by atoms with Crippen molar-refractivity contribution in [1.29, 1.82) is 5.26 Å². The summed E-state index contributed by atoms with van der Waals surface area (Å²) in [5, 5.41) is 14.2. The molecule has 19 heavy (non-hydrogen) atoms. The monoisotopic (exact) mass is 251 g/mol. The zero-order chi connectivity index (χ0) is 13.2. The van der Waals surface area contributed by atoms with Gasteiger partial charge in [0.05, 0.1) is 23.7 Å². The van der Waals surface area contributed by atoms with Crippen molar-refractivity contribution >= 4 is 10.9 Å². The fraction of sp³-hybridized carbons (Fsp3) is 0.0667. The van der Waals surface area contributed by atoms with Gasteiger partial charge in [0.25, 0.3) is 0 Å². The molecular weight excluding hydrogens is 241 g/mol. The highest BCUT2D eigenvalue weighted by Gasteiger charge is 2.14. The van der Waals surface area contributed by atoms with Crippen LogP contribution in [0.25, 0.3) is 16.6 Å². The van der Waals surface area contributed by atoms with Crippen molar-refractivity contribution in [2.45, 2.75) is 6.42 Å². The SMILES string of the molecule is N#CCc1c2ccccc2nn1-c1ccccc1F. The highest BCUT2D eigenvalue weighted by molar-refractivity contribution is 5.82. The Morgan fingerprint density at radius 3 is 2.63 bits per heavy atom. The standard InChI is InChI=1S/C15H10FN3/c16-12-6-2-4-8-15(12)19-14(9-10-17)11-5-1-3-7-13(11)18-19/h1-8H,9H2. The van der Waals surface area contributed by atoms with Crippen molar-refractivity contribution in [3.05, 3.63) is 60.0 Å². The van der Waals surface area contributed by atoms with E-state index in [-0.39, 0.29) is 12.2 Å². The fourth-order valence-corrected chi connectivity index (χ4v) is 2.15. The van der Waals surface area contributed by atoms with E-state index in [2.05, 4.69) is 11.2 Å². The summed E-state index contributed by atoms with van der Waals surface area (Å²) >= 11 is 0. The first-order valence-electron chi connectivity index (χ1n) is 5.90. The van der Waals surface area contributed by atoms with E-state index in [0.29, 0.717) is 11.4 Å². The number of rotatable bonds is 2. The lowest BCUT2D eigenvalue weighted by atomic mass is 10.1. The van der Waals surface area contributed by atoms with Gasteiger partial charge in [-0.3, -0.25) is 0 Å². The first kappa shape index (κ1) is 11.4. The maximum atomic E-state index is 13.9. The first-order chi connectivity index (χ1) is 9.31. The van der Waals surface area contributed by atoms with E-state index in [4.69, 9.17) is 5.26 Å². The lowest BCUT2D eigenvalue weighted by Gasteiger charge is -2.06. The molecule has 0 saturated heterocycles. The highest BCUT2D eigenvalue weighted by Crippen LogP contribution is 2.23. The van der Waals surface area contributed by atoms with Crippen molar-refractivity contribution in [2.24, 2.45) is 0 Å². The molecule has 0 saturated carbocycles. The predicted molar refractivity (Wildman–Crippen MR) is 70.3 cm³/mol. The number of hydrogen-bond acceptors (Lipinski definition) is 2. The second kappa shape index (κ2) is 4.54. The summed E-state index contributed by atoms with van der Waals surface area (Å²) < 4.78 is 15.4. The van der Waals surface area contributed by atoms with Gasteiger partial charge in [-0.25, -0.2) is 9.07 Å². The Bertz CT molecular complexity index is 783. The van der Waals surface area contributed by atoms with E-state index in [1.54, 1.807) is 18.2 Å². The molecule has 0 aliphatic heterocycles. The van der Waals surface area contributed by atoms with Gasteiger partial charge in [-0.05, 0) is 18.2 Å². The summed E-state index contributed by atoms with van der Waals surface area (Å²) in [5.74, 6) is -0.352. The zero-order valence-electron chi connectivity index (χ0n) is 10.0. The molecule has 0 N–H and O–H groups in total. The average molecular weight is 251 g/mol. The van der Waals surface area contributed by atoms with Gasteiger partial charge >= 0.3 is 0 Å². The van der Waals surface area contributed by atoms with E-state index in [9.17, 15) is 4.39 Å². The van der Waals surface area contributed by atoms with Crippen LogP contribution < -0.4 is 0 Å². The molecule has 0 unspecified atom stereocenters. The molecule has 1 aromatic heterocycles. The van der Waals surface area contributed by atoms with Crippen LogP contribution in [-0.2, 0) is 6.42 Å². The lowest BCUT2D eigenvalue weighted by molar-refractivity contribution is 0.609. The van der Waals surface area contributed by atoms with Crippen molar-refractivity contribution < 1.29 is 4.39 Å². The number of hydrogen-bond donors (Lipinski definition) is 0. The number of halogens is 1. The molecular formula is C15H10FN3. The Labute approximate surface area is 109 Å². The Kier molecular flexibility index (Phi) is 2.73. The molecule has 0 fully saturated rings. The third-order valence-electron chi connectivity index (χ3n) is 3.01. The molecule has 2 aromatic carbocycles. The Morgan fingerprint density at radius 1 is 1.11 bits per heavy atom. The van der Waals surface area contributed by atoms with Gasteiger partial charge in [0.1, 0.15) is 11.5 Å². The van der Waals surface area contributed by atoms with E-state index >= 15 is 0 Å². The molecule has 0 aliphatic carbocycles. The summed E-state index contributed by atoms with van der Waals surface area (Å²) in [4.78, 5) is 0. The molecule has 0 aliphatic rings. The molecule has 4 heteroatoms. The molecule has 92 valence electrons. The minimum atomic E-state index is -0.352. The van der Waals surface area contributed by atoms with Crippen LogP contribution in [0.15, 0.2) is 48.5 Å². The van der Waals surface area contributed by atoms with Crippen LogP contribution in [-0.4, -0.2) is 9.78 Å². The first-order valence-corrected chi connectivity index (χ1v) is 5.90. The molecule has 0 bridgehead atoms. The second-order valence-corrected chi connectivity index (χ2v) is 4.16. The predicted octanol–water partition coefficient (Wildman–Crippen LogP) is 3.23. The van der Waals surface area contributed by atoms with Crippen LogP contribution in [0.5, 0.6) is 0 Å². The third kappa shape index (κ3) is 1.85. The largest absolute Gasteiger partial charge is 0.233 e. The molecule has 3 nitrogen and oxygen atoms in total. The Balaban J connectivity index is 2.32. The van der Waals surface area contributed by atoms with Crippen LogP contribution in [0, 0.1) is 17.1 Å². The summed E-state index contributed by atoms with van der Waals surface area (Å²) in [6, 6.07) is 16.0. The number of benzene rings is 2. The number of para-hydroxylation sites is 1. The van der Waals surface area contributed by atoms with Crippen LogP contribution in [0.1, 0.15) is 5.69 Å². The zero-order valence-corrected chi connectivity index (χ0v) is 10.0. The van der Waals surface area contributed by atoms with E-state index in [1.165, 1.54) is 10.7 Å². The quantitative estimate of drug-likeness (QED) is 0.701. The molecule has 0 radical (unpaired) electrons. The summed E-state index contributed by atoms with van der Waals surface area (Å²) in [7, 11) is 0. The van der Waals surface area contributed by atoms with Gasteiger partial charge in [-0.2, -0.15) is 10.4 Å². The van der Waals surface area contributed by atoms with Gasteiger partial charge in [-0.1, -0.05) is 30.3 Å². The van der Waals surface area contributed by atoms with Gasteiger partial charge < -0.3 is 0 Å². The molecule has 0 atom stereocenters. The molecule has 0 spiro atoms. The number of aromatic nitrogens is 2. The maximum absolute atomic E-state index is 13.9. The van der Waals surface area contributed by atoms with Gasteiger partial charge in [-0.15, -0.1) is 0 Å². The number of fused-ring (bicyclic) bond motifs is 1. The fourth-order valence-electron chi connectivity index (χ4n) is 2.15. The van der Waals surface area contributed by atoms with Gasteiger partial charge in [0.2, 0.25) is 0 Å². The van der Waals surface area contributed by atoms with Crippen LogP contribution in [0.2, 0.25) is 0 Å². The van der Waals surface area contributed by atoms with Crippen LogP contribution in [0.4, 0.5) is 4.39 Å². The van der Waals surface area contributed by atoms with Crippen molar-refractivity contribution in [2.75, 3.05) is 0 Å². The van der Waals surface area contributed by atoms with E-state index < -0.39 is 0 Å². The molecule has 3 rings (SSSR count). The van der Waals surface area contributed by atoms with Crippen LogP contribution in [0.3, 0.4) is 0 Å². The lowest BCUT2D eigenvalue weighted by Crippen LogP contribution is -2.04. The van der Waals surface area contributed by atoms with Gasteiger partial charge in [0, 0.05) is 5.39 Å². The van der Waals surface area contributed by atoms with Crippen LogP contribution >= 0.6 is 0 Å². The Hall–Kier alpha value is -2.67. The maximum Gasteiger partial charge on any atom is 0.148 e. The van der Waals surface area contributed by atoms with Crippen molar-refractivity contribution in [3.63, 3.8) is 0 Å². The smallest absolute Gasteiger partial charge is 0.148 e.